The predicted octanol–water partition coefficient (Wildman–Crippen LogP) is 2.72. The van der Waals surface area contributed by atoms with Crippen molar-refractivity contribution in [1.82, 2.24) is 19.4 Å². The number of anilines is 3. The number of pyridine rings is 1. The number of hydrogen-bond acceptors (Lipinski definition) is 5. The predicted molar refractivity (Wildman–Crippen MR) is 79.4 cm³/mol. The first-order chi connectivity index (χ1) is 9.54. The van der Waals surface area contributed by atoms with E-state index in [1.807, 2.05) is 36.6 Å². The molecule has 0 fully saturated rings. The highest BCUT2D eigenvalue weighted by Gasteiger charge is 2.06. The lowest BCUT2D eigenvalue weighted by Gasteiger charge is -2.06. The minimum Gasteiger partial charge on any atom is -0.382 e. The molecule has 3 heterocycles. The lowest BCUT2D eigenvalue weighted by atomic mass is 10.3. The molecule has 3 aromatic heterocycles. The van der Waals surface area contributed by atoms with Gasteiger partial charge in [0.15, 0.2) is 0 Å². The zero-order valence-corrected chi connectivity index (χ0v) is 11.8. The molecule has 20 heavy (non-hydrogen) atoms. The van der Waals surface area contributed by atoms with Crippen molar-refractivity contribution in [2.75, 3.05) is 11.1 Å². The van der Waals surface area contributed by atoms with Crippen LogP contribution in [0, 0.1) is 13.8 Å². The van der Waals surface area contributed by atoms with Gasteiger partial charge in [0.2, 0.25) is 5.95 Å². The highest BCUT2D eigenvalue weighted by molar-refractivity contribution is 6.32. The van der Waals surface area contributed by atoms with Gasteiger partial charge < -0.3 is 15.5 Å². The number of fused-ring (bicyclic) bond motifs is 1. The number of hydrogen-bond donors (Lipinski definition) is 2. The van der Waals surface area contributed by atoms with Crippen LogP contribution in [0.3, 0.4) is 0 Å². The van der Waals surface area contributed by atoms with Crippen LogP contribution in [0.1, 0.15) is 11.4 Å². The number of aryl methyl sites for hydroxylation is 2. The van der Waals surface area contributed by atoms with Crippen molar-refractivity contribution >= 4 is 34.7 Å². The highest BCUT2D eigenvalue weighted by atomic mass is 35.5. The van der Waals surface area contributed by atoms with Crippen molar-refractivity contribution in [3.8, 4) is 0 Å². The number of nitrogens with one attached hydrogen (secondary N) is 1. The summed E-state index contributed by atoms with van der Waals surface area (Å²) in [6.45, 7) is 4.02. The number of halogens is 1. The fourth-order valence-electron chi connectivity index (χ4n) is 1.93. The minimum absolute atomic E-state index is 0.248. The normalized spacial score (nSPS) is 10.9. The van der Waals surface area contributed by atoms with Crippen molar-refractivity contribution in [3.63, 3.8) is 0 Å². The van der Waals surface area contributed by atoms with Crippen LogP contribution in [0.2, 0.25) is 5.02 Å². The molecular formula is C13H13ClN6. The molecule has 0 aromatic carbocycles. The maximum Gasteiger partial charge on any atom is 0.229 e. The molecular weight excluding hydrogens is 276 g/mol. The van der Waals surface area contributed by atoms with Crippen LogP contribution < -0.4 is 11.1 Å². The van der Waals surface area contributed by atoms with Gasteiger partial charge in [0.25, 0.3) is 0 Å². The average molecular weight is 289 g/mol. The van der Waals surface area contributed by atoms with E-state index in [2.05, 4.69) is 20.3 Å². The molecule has 102 valence electrons. The summed E-state index contributed by atoms with van der Waals surface area (Å²) in [6, 6.07) is 3.85. The van der Waals surface area contributed by atoms with Gasteiger partial charge in [-0.2, -0.15) is 4.98 Å². The summed E-state index contributed by atoms with van der Waals surface area (Å²) in [5, 5.41) is 3.42. The fourth-order valence-corrected chi connectivity index (χ4v) is 2.02. The number of nitrogen functional groups attached to an aromatic ring is 1. The van der Waals surface area contributed by atoms with Crippen LogP contribution in [0.4, 0.5) is 17.5 Å². The van der Waals surface area contributed by atoms with E-state index in [-0.39, 0.29) is 5.82 Å². The Morgan fingerprint density at radius 1 is 1.30 bits per heavy atom. The molecule has 3 N–H and O–H groups in total. The van der Waals surface area contributed by atoms with Gasteiger partial charge in [-0.25, -0.2) is 9.97 Å². The molecule has 0 amide bonds. The molecule has 0 spiro atoms. The van der Waals surface area contributed by atoms with E-state index >= 15 is 0 Å². The third kappa shape index (κ3) is 2.14. The van der Waals surface area contributed by atoms with E-state index < -0.39 is 0 Å². The molecule has 0 aliphatic heterocycles. The van der Waals surface area contributed by atoms with E-state index in [1.165, 1.54) is 6.20 Å². The second-order valence-electron chi connectivity index (χ2n) is 4.48. The summed E-state index contributed by atoms with van der Waals surface area (Å²) >= 11 is 5.79. The van der Waals surface area contributed by atoms with Crippen LogP contribution >= 0.6 is 11.6 Å². The van der Waals surface area contributed by atoms with Gasteiger partial charge in [-0.15, -0.1) is 0 Å². The van der Waals surface area contributed by atoms with Gasteiger partial charge >= 0.3 is 0 Å². The number of imidazole rings is 1. The summed E-state index contributed by atoms with van der Waals surface area (Å²) in [5.74, 6) is 0.647. The van der Waals surface area contributed by atoms with Crippen LogP contribution in [0.25, 0.3) is 5.65 Å². The van der Waals surface area contributed by atoms with E-state index in [9.17, 15) is 0 Å². The average Bonchev–Trinajstić information content (AvgIpc) is 2.69. The summed E-state index contributed by atoms with van der Waals surface area (Å²) in [6.07, 6.45) is 3.42. The van der Waals surface area contributed by atoms with Crippen molar-refractivity contribution < 1.29 is 0 Å². The van der Waals surface area contributed by atoms with Gasteiger partial charge in [0.05, 0.1) is 11.9 Å². The molecule has 6 nitrogen and oxygen atoms in total. The summed E-state index contributed by atoms with van der Waals surface area (Å²) in [5.41, 5.74) is 9.49. The van der Waals surface area contributed by atoms with E-state index in [0.29, 0.717) is 11.0 Å². The zero-order chi connectivity index (χ0) is 14.3. The van der Waals surface area contributed by atoms with Gasteiger partial charge in [-0.1, -0.05) is 11.6 Å². The maximum atomic E-state index is 5.79. The molecule has 0 bridgehead atoms. The molecule has 3 aromatic rings. The Morgan fingerprint density at radius 2 is 2.10 bits per heavy atom. The Bertz CT molecular complexity index is 795. The van der Waals surface area contributed by atoms with Crippen LogP contribution in [0.5, 0.6) is 0 Å². The Kier molecular flexibility index (Phi) is 2.94. The molecule has 3 rings (SSSR count). The fraction of sp³-hybridized carbons (Fsp3) is 0.154. The molecule has 0 atom stereocenters. The van der Waals surface area contributed by atoms with Crippen molar-refractivity contribution in [2.45, 2.75) is 13.8 Å². The van der Waals surface area contributed by atoms with E-state index in [1.54, 1.807) is 0 Å². The van der Waals surface area contributed by atoms with Crippen LogP contribution in [0.15, 0.2) is 24.5 Å². The third-order valence-electron chi connectivity index (χ3n) is 3.13. The number of nitrogens with two attached hydrogens (primary N) is 1. The lowest BCUT2D eigenvalue weighted by Crippen LogP contribution is -2.01. The minimum atomic E-state index is 0.248. The van der Waals surface area contributed by atoms with Crippen LogP contribution in [-0.4, -0.2) is 19.4 Å². The second kappa shape index (κ2) is 4.64. The number of nitrogens with zero attached hydrogens (tertiary/aromatic N) is 4. The summed E-state index contributed by atoms with van der Waals surface area (Å²) in [4.78, 5) is 12.6. The molecule has 0 saturated heterocycles. The first kappa shape index (κ1) is 12.7. The molecule has 0 aliphatic rings. The van der Waals surface area contributed by atoms with Crippen LogP contribution in [-0.2, 0) is 0 Å². The van der Waals surface area contributed by atoms with Gasteiger partial charge in [-0.3, -0.25) is 0 Å². The van der Waals surface area contributed by atoms with Crippen molar-refractivity contribution in [1.29, 1.82) is 0 Å². The number of aromatic nitrogens is 4. The second-order valence-corrected chi connectivity index (χ2v) is 4.89. The first-order valence-electron chi connectivity index (χ1n) is 6.05. The molecule has 7 heteroatoms. The number of rotatable bonds is 2. The quantitative estimate of drug-likeness (QED) is 0.758. The molecule has 0 radical (unpaired) electrons. The molecule has 0 unspecified atom stereocenters. The maximum absolute atomic E-state index is 5.79. The zero-order valence-electron chi connectivity index (χ0n) is 11.1. The van der Waals surface area contributed by atoms with Crippen molar-refractivity contribution in [3.05, 3.63) is 40.9 Å². The Labute approximate surface area is 120 Å². The largest absolute Gasteiger partial charge is 0.382 e. The van der Waals surface area contributed by atoms with Gasteiger partial charge in [-0.05, 0) is 19.9 Å². The molecule has 0 aliphatic carbocycles. The topological polar surface area (TPSA) is 81.1 Å². The Balaban J connectivity index is 1.96. The summed E-state index contributed by atoms with van der Waals surface area (Å²) < 4.78 is 2.03. The van der Waals surface area contributed by atoms with Crippen molar-refractivity contribution in [2.24, 2.45) is 0 Å². The van der Waals surface area contributed by atoms with E-state index in [0.717, 1.165) is 22.7 Å². The monoisotopic (exact) mass is 288 g/mol. The highest BCUT2D eigenvalue weighted by Crippen LogP contribution is 2.20. The molecule has 0 saturated carbocycles. The Hall–Kier alpha value is -2.34. The van der Waals surface area contributed by atoms with E-state index in [4.69, 9.17) is 17.3 Å². The first-order valence-corrected chi connectivity index (χ1v) is 6.43. The Morgan fingerprint density at radius 3 is 2.85 bits per heavy atom. The standard InChI is InChI=1S/C13H13ClN6/c1-7-8(2)20-4-3-9(5-11(20)17-7)18-13-16-6-10(14)12(15)19-13/h3-6H,1-2H3,(H3,15,16,18,19). The SMILES string of the molecule is Cc1nc2cc(Nc3ncc(Cl)c(N)n3)ccn2c1C. The summed E-state index contributed by atoms with van der Waals surface area (Å²) in [7, 11) is 0. The smallest absolute Gasteiger partial charge is 0.229 e. The van der Waals surface area contributed by atoms with Gasteiger partial charge in [0.1, 0.15) is 16.5 Å². The van der Waals surface area contributed by atoms with Gasteiger partial charge in [0, 0.05) is 23.6 Å². The lowest BCUT2D eigenvalue weighted by molar-refractivity contribution is 1.09. The third-order valence-corrected chi connectivity index (χ3v) is 3.42.